The van der Waals surface area contributed by atoms with Gasteiger partial charge in [0.1, 0.15) is 11.4 Å². The maximum Gasteiger partial charge on any atom is 0.410 e. The summed E-state index contributed by atoms with van der Waals surface area (Å²) in [6, 6.07) is 20.9. The maximum atomic E-state index is 13.0. The molecule has 3 aromatic carbocycles. The molecule has 3 heterocycles. The van der Waals surface area contributed by atoms with E-state index in [9.17, 15) is 4.79 Å². The summed E-state index contributed by atoms with van der Waals surface area (Å²) < 4.78 is 5.76. The first kappa shape index (κ1) is 30.8. The van der Waals surface area contributed by atoms with Crippen molar-refractivity contribution in [2.75, 3.05) is 6.54 Å². The van der Waals surface area contributed by atoms with Crippen LogP contribution in [0.4, 0.5) is 10.5 Å². The van der Waals surface area contributed by atoms with Crippen LogP contribution in [0, 0.1) is 0 Å². The van der Waals surface area contributed by atoms with Crippen LogP contribution >= 0.6 is 0 Å². The Hall–Kier alpha value is -4.19. The molecule has 2 aliphatic heterocycles. The van der Waals surface area contributed by atoms with Gasteiger partial charge in [0, 0.05) is 24.6 Å². The third-order valence-electron chi connectivity index (χ3n) is 12.0. The molecule has 0 radical (unpaired) electrons. The lowest BCUT2D eigenvalue weighted by Crippen LogP contribution is -2.43. The van der Waals surface area contributed by atoms with E-state index < -0.39 is 5.60 Å². The molecule has 1 saturated heterocycles. The Bertz CT molecular complexity index is 1930. The monoisotopic (exact) mass is 652 g/mol. The van der Waals surface area contributed by atoms with E-state index in [2.05, 4.69) is 59.6 Å². The topological polar surface area (TPSA) is 70.6 Å². The van der Waals surface area contributed by atoms with E-state index in [4.69, 9.17) is 14.7 Å². The lowest BCUT2D eigenvalue weighted by Gasteiger charge is -2.41. The number of aromatic nitrogens is 2. The van der Waals surface area contributed by atoms with Gasteiger partial charge in [-0.2, -0.15) is 0 Å². The number of ether oxygens (including phenoxy) is 1. The third kappa shape index (κ3) is 5.61. The zero-order valence-electron chi connectivity index (χ0n) is 29.2. The summed E-state index contributed by atoms with van der Waals surface area (Å²) in [6.07, 6.45) is 14.8. The smallest absolute Gasteiger partial charge is 0.410 e. The van der Waals surface area contributed by atoms with Crippen LogP contribution in [0.5, 0.6) is 0 Å². The molecule has 6 heteroatoms. The molecule has 2 saturated carbocycles. The van der Waals surface area contributed by atoms with Crippen LogP contribution in [0.3, 0.4) is 0 Å². The second kappa shape index (κ2) is 12.0. The SMILES string of the molecule is CC(C)(C)OC(=O)N1CCC[C@H]1C1=Nc2ccc(-c3ccc(-c4ccc(-c5cnc(C6CCCC6)[nH]5)cc4)c4c3C3CCC4CC3)cc2C1. The van der Waals surface area contributed by atoms with E-state index in [-0.39, 0.29) is 12.1 Å². The van der Waals surface area contributed by atoms with Gasteiger partial charge in [-0.1, -0.05) is 55.3 Å². The Morgan fingerprint density at radius 1 is 0.776 bits per heavy atom. The largest absolute Gasteiger partial charge is 0.444 e. The normalized spacial score (nSPS) is 23.1. The summed E-state index contributed by atoms with van der Waals surface area (Å²) in [5.74, 6) is 3.00. The quantitative estimate of drug-likeness (QED) is 0.233. The Labute approximate surface area is 290 Å². The summed E-state index contributed by atoms with van der Waals surface area (Å²) in [4.78, 5) is 28.4. The lowest BCUT2D eigenvalue weighted by atomic mass is 9.63. The molecule has 1 atom stereocenters. The van der Waals surface area contributed by atoms with Crippen LogP contribution in [0.1, 0.15) is 125 Å². The first-order valence-electron chi connectivity index (χ1n) is 18.8. The van der Waals surface area contributed by atoms with Crippen molar-refractivity contribution in [2.24, 2.45) is 4.99 Å². The molecule has 1 N–H and O–H groups in total. The zero-order chi connectivity index (χ0) is 33.3. The molecule has 6 nitrogen and oxygen atoms in total. The van der Waals surface area contributed by atoms with Crippen molar-refractivity contribution in [3.05, 3.63) is 83.3 Å². The maximum absolute atomic E-state index is 13.0. The average Bonchev–Trinajstić information content (AvgIpc) is 3.94. The Kier molecular flexibility index (Phi) is 7.55. The second-order valence-corrected chi connectivity index (χ2v) is 16.2. The Morgan fingerprint density at radius 3 is 2.12 bits per heavy atom. The van der Waals surface area contributed by atoms with E-state index >= 15 is 0 Å². The van der Waals surface area contributed by atoms with Gasteiger partial charge in [-0.05, 0) is 141 Å². The molecule has 6 aliphatic rings. The van der Waals surface area contributed by atoms with Gasteiger partial charge in [-0.3, -0.25) is 9.89 Å². The van der Waals surface area contributed by atoms with Crippen molar-refractivity contribution in [3.8, 4) is 33.5 Å². The van der Waals surface area contributed by atoms with Crippen LogP contribution < -0.4 is 0 Å². The number of fused-ring (bicyclic) bond motifs is 3. The lowest BCUT2D eigenvalue weighted by molar-refractivity contribution is 0.0265. The van der Waals surface area contributed by atoms with Crippen LogP contribution in [-0.2, 0) is 11.2 Å². The number of hydrogen-bond donors (Lipinski definition) is 1. The van der Waals surface area contributed by atoms with Crippen LogP contribution in [0.2, 0.25) is 0 Å². The van der Waals surface area contributed by atoms with Crippen molar-refractivity contribution < 1.29 is 9.53 Å². The van der Waals surface area contributed by atoms with Gasteiger partial charge >= 0.3 is 6.09 Å². The number of aliphatic imine (C=N–C) groups is 1. The van der Waals surface area contributed by atoms with E-state index in [1.54, 1.807) is 11.1 Å². The van der Waals surface area contributed by atoms with E-state index in [0.29, 0.717) is 17.8 Å². The van der Waals surface area contributed by atoms with Gasteiger partial charge in [0.2, 0.25) is 0 Å². The molecule has 4 aliphatic carbocycles. The van der Waals surface area contributed by atoms with Crippen molar-refractivity contribution >= 4 is 17.5 Å². The van der Waals surface area contributed by atoms with Crippen LogP contribution in [-0.4, -0.2) is 44.9 Å². The van der Waals surface area contributed by atoms with Crippen LogP contribution in [0.25, 0.3) is 33.5 Å². The van der Waals surface area contributed by atoms with Crippen molar-refractivity contribution in [1.82, 2.24) is 14.9 Å². The summed E-state index contributed by atoms with van der Waals surface area (Å²) in [6.45, 7) is 6.53. The van der Waals surface area contributed by atoms with Gasteiger partial charge in [0.25, 0.3) is 0 Å². The summed E-state index contributed by atoms with van der Waals surface area (Å²) in [7, 11) is 0. The molecule has 1 amide bonds. The fourth-order valence-corrected chi connectivity index (χ4v) is 9.65. The van der Waals surface area contributed by atoms with E-state index in [1.807, 2.05) is 31.9 Å². The van der Waals surface area contributed by atoms with Gasteiger partial charge < -0.3 is 9.72 Å². The molecule has 252 valence electrons. The average molecular weight is 653 g/mol. The highest BCUT2D eigenvalue weighted by atomic mass is 16.6. The Balaban J connectivity index is 0.996. The third-order valence-corrected chi connectivity index (χ3v) is 12.0. The number of nitrogens with one attached hydrogen (secondary N) is 1. The molecular weight excluding hydrogens is 604 g/mol. The zero-order valence-corrected chi connectivity index (χ0v) is 29.2. The number of imidazole rings is 1. The number of carbonyl (C=O) groups excluding carboxylic acids is 1. The molecule has 10 rings (SSSR count). The van der Waals surface area contributed by atoms with Gasteiger partial charge in [0.05, 0.1) is 23.6 Å². The molecule has 4 aromatic rings. The number of likely N-dealkylation sites (tertiary alicyclic amines) is 1. The Morgan fingerprint density at radius 2 is 1.43 bits per heavy atom. The number of H-pyrrole nitrogens is 1. The minimum absolute atomic E-state index is 0.0162. The number of carbonyl (C=O) groups is 1. The predicted octanol–water partition coefficient (Wildman–Crippen LogP) is 10.9. The fraction of sp³-hybridized carbons (Fsp3) is 0.465. The standard InChI is InChI=1S/C43H48N4O2/c1-43(2,3)49-42(48)47-22-6-9-38(47)36-24-32-23-31(18-21-35(32)45-36)34-20-19-33(39-28-14-16-29(17-15-28)40(34)39)26-10-12-27(13-11-26)37-25-44-41(46-37)30-7-4-5-8-30/h10-13,18-21,23,25,28-30,38H,4-9,14-17,22,24H2,1-3H3,(H,44,46)/t28?,29?,38-/m0/s1. The molecule has 49 heavy (non-hydrogen) atoms. The number of amides is 1. The highest BCUT2D eigenvalue weighted by molar-refractivity contribution is 6.00. The predicted molar refractivity (Wildman–Crippen MR) is 197 cm³/mol. The van der Waals surface area contributed by atoms with Gasteiger partial charge in [0.15, 0.2) is 0 Å². The minimum atomic E-state index is -0.504. The molecule has 3 fully saturated rings. The first-order chi connectivity index (χ1) is 23.8. The van der Waals surface area contributed by atoms with Gasteiger partial charge in [-0.15, -0.1) is 0 Å². The number of nitrogens with zero attached hydrogens (tertiary/aromatic N) is 3. The van der Waals surface area contributed by atoms with Gasteiger partial charge in [-0.25, -0.2) is 9.78 Å². The molecule has 1 aromatic heterocycles. The van der Waals surface area contributed by atoms with Crippen molar-refractivity contribution in [3.63, 3.8) is 0 Å². The highest BCUT2D eigenvalue weighted by Gasteiger charge is 2.38. The van der Waals surface area contributed by atoms with Crippen molar-refractivity contribution in [2.45, 2.75) is 121 Å². The van der Waals surface area contributed by atoms with E-state index in [0.717, 1.165) is 48.7 Å². The number of benzene rings is 3. The second-order valence-electron chi connectivity index (χ2n) is 16.2. The summed E-state index contributed by atoms with van der Waals surface area (Å²) >= 11 is 0. The molecule has 2 bridgehead atoms. The first-order valence-corrected chi connectivity index (χ1v) is 18.8. The number of rotatable bonds is 5. The minimum Gasteiger partial charge on any atom is -0.444 e. The summed E-state index contributed by atoms with van der Waals surface area (Å²) in [5, 5.41) is 0. The molecule has 0 spiro atoms. The van der Waals surface area contributed by atoms with Crippen molar-refractivity contribution in [1.29, 1.82) is 0 Å². The fourth-order valence-electron chi connectivity index (χ4n) is 9.65. The molecule has 0 unspecified atom stereocenters. The number of aromatic amines is 1. The molecular formula is C43H48N4O2. The summed E-state index contributed by atoms with van der Waals surface area (Å²) in [5.41, 5.74) is 13.8. The van der Waals surface area contributed by atoms with E-state index in [1.165, 1.54) is 84.7 Å². The number of hydrogen-bond acceptors (Lipinski definition) is 4. The van der Waals surface area contributed by atoms with Crippen LogP contribution in [0.15, 0.2) is 65.8 Å². The highest BCUT2D eigenvalue weighted by Crippen LogP contribution is 2.55.